The molecule has 0 radical (unpaired) electrons. The van der Waals surface area contributed by atoms with Crippen molar-refractivity contribution in [2.45, 2.75) is 18.4 Å². The van der Waals surface area contributed by atoms with Gasteiger partial charge < -0.3 is 5.32 Å². The van der Waals surface area contributed by atoms with Crippen molar-refractivity contribution in [1.29, 1.82) is 0 Å². The van der Waals surface area contributed by atoms with Crippen LogP contribution in [-0.4, -0.2) is 22.3 Å². The van der Waals surface area contributed by atoms with Crippen LogP contribution in [0.4, 0.5) is 0 Å². The van der Waals surface area contributed by atoms with Crippen LogP contribution in [0.1, 0.15) is 23.3 Å². The van der Waals surface area contributed by atoms with E-state index in [1.807, 2.05) is 30.3 Å². The second-order valence-corrected chi connectivity index (χ2v) is 5.02. The van der Waals surface area contributed by atoms with Gasteiger partial charge in [0.25, 0.3) is 5.91 Å². The van der Waals surface area contributed by atoms with E-state index >= 15 is 0 Å². The van der Waals surface area contributed by atoms with Crippen molar-refractivity contribution in [3.05, 3.63) is 42.1 Å². The Bertz CT molecular complexity index is 608. The SMILES string of the molecule is O=C(NC1(CCl)CC1)c1ccc2ccccc2n1. The number of pyridine rings is 1. The minimum Gasteiger partial charge on any atom is -0.344 e. The highest BCUT2D eigenvalue weighted by atomic mass is 35.5. The van der Waals surface area contributed by atoms with Crippen molar-refractivity contribution in [2.75, 3.05) is 5.88 Å². The normalized spacial score (nSPS) is 16.5. The van der Waals surface area contributed by atoms with Crippen LogP contribution in [0.5, 0.6) is 0 Å². The number of alkyl halides is 1. The van der Waals surface area contributed by atoms with Gasteiger partial charge in [-0.05, 0) is 25.0 Å². The number of amides is 1. The first kappa shape index (κ1) is 11.5. The Labute approximate surface area is 110 Å². The third-order valence-electron chi connectivity index (χ3n) is 3.32. The molecule has 1 aromatic carbocycles. The molecule has 0 bridgehead atoms. The van der Waals surface area contributed by atoms with Crippen molar-refractivity contribution in [2.24, 2.45) is 0 Å². The van der Waals surface area contributed by atoms with Crippen LogP contribution >= 0.6 is 11.6 Å². The second kappa shape index (κ2) is 4.25. The number of nitrogens with zero attached hydrogens (tertiary/aromatic N) is 1. The van der Waals surface area contributed by atoms with Gasteiger partial charge in [0.15, 0.2) is 0 Å². The summed E-state index contributed by atoms with van der Waals surface area (Å²) in [5.41, 5.74) is 1.09. The van der Waals surface area contributed by atoms with Gasteiger partial charge in [0.05, 0.1) is 11.1 Å². The molecule has 3 rings (SSSR count). The van der Waals surface area contributed by atoms with Crippen molar-refractivity contribution in [3.63, 3.8) is 0 Å². The number of benzene rings is 1. The summed E-state index contributed by atoms with van der Waals surface area (Å²) in [6.45, 7) is 0. The molecule has 0 saturated heterocycles. The average Bonchev–Trinajstić information content (AvgIpc) is 3.18. The largest absolute Gasteiger partial charge is 0.344 e. The summed E-state index contributed by atoms with van der Waals surface area (Å²) in [6, 6.07) is 11.4. The van der Waals surface area contributed by atoms with Gasteiger partial charge in [0.1, 0.15) is 5.69 Å². The molecule has 1 amide bonds. The van der Waals surface area contributed by atoms with Gasteiger partial charge in [-0.25, -0.2) is 4.98 Å². The number of carbonyl (C=O) groups is 1. The smallest absolute Gasteiger partial charge is 0.270 e. The van der Waals surface area contributed by atoms with Gasteiger partial charge in [0, 0.05) is 11.3 Å². The molecule has 18 heavy (non-hydrogen) atoms. The van der Waals surface area contributed by atoms with Gasteiger partial charge in [-0.1, -0.05) is 24.3 Å². The highest BCUT2D eigenvalue weighted by molar-refractivity contribution is 6.19. The molecule has 1 fully saturated rings. The summed E-state index contributed by atoms with van der Waals surface area (Å²) in [5, 5.41) is 4.00. The van der Waals surface area contributed by atoms with Gasteiger partial charge in [-0.2, -0.15) is 0 Å². The summed E-state index contributed by atoms with van der Waals surface area (Å²) >= 11 is 5.85. The van der Waals surface area contributed by atoms with E-state index < -0.39 is 0 Å². The highest BCUT2D eigenvalue weighted by Crippen LogP contribution is 2.36. The molecule has 0 spiro atoms. The van der Waals surface area contributed by atoms with E-state index in [1.165, 1.54) is 0 Å². The van der Waals surface area contributed by atoms with Crippen LogP contribution in [-0.2, 0) is 0 Å². The molecule has 0 unspecified atom stereocenters. The maximum Gasteiger partial charge on any atom is 0.270 e. The quantitative estimate of drug-likeness (QED) is 0.863. The van der Waals surface area contributed by atoms with Gasteiger partial charge in [-0.3, -0.25) is 4.79 Å². The van der Waals surface area contributed by atoms with E-state index in [0.29, 0.717) is 11.6 Å². The molecular formula is C14H13ClN2O. The third kappa shape index (κ3) is 2.06. The fourth-order valence-corrected chi connectivity index (χ4v) is 2.27. The predicted molar refractivity (Wildman–Crippen MR) is 71.9 cm³/mol. The molecule has 1 heterocycles. The Morgan fingerprint density at radius 2 is 2.06 bits per heavy atom. The van der Waals surface area contributed by atoms with Gasteiger partial charge >= 0.3 is 0 Å². The zero-order valence-electron chi connectivity index (χ0n) is 9.82. The Balaban J connectivity index is 1.87. The maximum atomic E-state index is 12.1. The minimum absolute atomic E-state index is 0.140. The number of hydrogen-bond donors (Lipinski definition) is 1. The van der Waals surface area contributed by atoms with Crippen molar-refractivity contribution >= 4 is 28.4 Å². The predicted octanol–water partition coefficient (Wildman–Crippen LogP) is 2.74. The first-order valence-electron chi connectivity index (χ1n) is 5.97. The summed E-state index contributed by atoms with van der Waals surface area (Å²) in [5.74, 6) is 0.325. The zero-order chi connectivity index (χ0) is 12.6. The van der Waals surface area contributed by atoms with Crippen molar-refractivity contribution < 1.29 is 4.79 Å². The maximum absolute atomic E-state index is 12.1. The van der Waals surface area contributed by atoms with E-state index in [4.69, 9.17) is 11.6 Å². The van der Waals surface area contributed by atoms with Crippen molar-refractivity contribution in [3.8, 4) is 0 Å². The van der Waals surface area contributed by atoms with Crippen LogP contribution in [0.15, 0.2) is 36.4 Å². The molecule has 92 valence electrons. The van der Waals surface area contributed by atoms with Crippen LogP contribution in [0, 0.1) is 0 Å². The molecule has 0 aliphatic heterocycles. The lowest BCUT2D eigenvalue weighted by atomic mass is 10.2. The molecule has 0 atom stereocenters. The van der Waals surface area contributed by atoms with Gasteiger partial charge in [0.2, 0.25) is 0 Å². The van der Waals surface area contributed by atoms with E-state index in [-0.39, 0.29) is 11.4 Å². The lowest BCUT2D eigenvalue weighted by Gasteiger charge is -2.13. The highest BCUT2D eigenvalue weighted by Gasteiger charge is 2.43. The van der Waals surface area contributed by atoms with Crippen LogP contribution in [0.25, 0.3) is 10.9 Å². The lowest BCUT2D eigenvalue weighted by Crippen LogP contribution is -2.38. The summed E-state index contributed by atoms with van der Waals surface area (Å²) in [7, 11) is 0. The Hall–Kier alpha value is -1.61. The summed E-state index contributed by atoms with van der Waals surface area (Å²) < 4.78 is 0. The van der Waals surface area contributed by atoms with E-state index in [9.17, 15) is 4.79 Å². The zero-order valence-corrected chi connectivity index (χ0v) is 10.6. The molecule has 1 aliphatic carbocycles. The first-order valence-corrected chi connectivity index (χ1v) is 6.50. The first-order chi connectivity index (χ1) is 8.72. The van der Waals surface area contributed by atoms with Crippen LogP contribution in [0.3, 0.4) is 0 Å². The summed E-state index contributed by atoms with van der Waals surface area (Å²) in [6.07, 6.45) is 1.91. The topological polar surface area (TPSA) is 42.0 Å². The number of fused-ring (bicyclic) bond motifs is 1. The second-order valence-electron chi connectivity index (χ2n) is 4.76. The number of carbonyl (C=O) groups excluding carboxylic acids is 1. The number of halogens is 1. The van der Waals surface area contributed by atoms with Crippen molar-refractivity contribution in [1.82, 2.24) is 10.3 Å². The van der Waals surface area contributed by atoms with Crippen LogP contribution < -0.4 is 5.32 Å². The number of para-hydroxylation sites is 1. The number of aromatic nitrogens is 1. The minimum atomic E-state index is -0.189. The molecular weight excluding hydrogens is 248 g/mol. The molecule has 1 aliphatic rings. The van der Waals surface area contributed by atoms with E-state index in [1.54, 1.807) is 6.07 Å². The molecule has 1 aromatic heterocycles. The molecule has 2 aromatic rings. The standard InChI is InChI=1S/C14H13ClN2O/c15-9-14(7-8-14)17-13(18)12-6-5-10-3-1-2-4-11(10)16-12/h1-6H,7-9H2,(H,17,18). The fourth-order valence-electron chi connectivity index (χ4n) is 1.94. The fraction of sp³-hybridized carbons (Fsp3) is 0.286. The Morgan fingerprint density at radius 1 is 1.28 bits per heavy atom. The number of nitrogens with one attached hydrogen (secondary N) is 1. The summed E-state index contributed by atoms with van der Waals surface area (Å²) in [4.78, 5) is 16.4. The van der Waals surface area contributed by atoms with E-state index in [0.717, 1.165) is 23.7 Å². The Morgan fingerprint density at radius 3 is 2.78 bits per heavy atom. The molecule has 1 saturated carbocycles. The average molecular weight is 261 g/mol. The molecule has 3 nitrogen and oxygen atoms in total. The van der Waals surface area contributed by atoms with Gasteiger partial charge in [-0.15, -0.1) is 11.6 Å². The monoisotopic (exact) mass is 260 g/mol. The number of hydrogen-bond acceptors (Lipinski definition) is 2. The Kier molecular flexibility index (Phi) is 2.71. The number of rotatable bonds is 3. The third-order valence-corrected chi connectivity index (χ3v) is 3.83. The molecule has 4 heteroatoms. The molecule has 1 N–H and O–H groups in total. The lowest BCUT2D eigenvalue weighted by molar-refractivity contribution is 0.0931. The van der Waals surface area contributed by atoms with E-state index in [2.05, 4.69) is 10.3 Å². The van der Waals surface area contributed by atoms with Crippen LogP contribution in [0.2, 0.25) is 0 Å².